The highest BCUT2D eigenvalue weighted by Gasteiger charge is 2.33. The van der Waals surface area contributed by atoms with E-state index in [0.29, 0.717) is 38.2 Å². The molecule has 1 aliphatic rings. The van der Waals surface area contributed by atoms with Crippen LogP contribution in [-0.2, 0) is 6.54 Å². The van der Waals surface area contributed by atoms with E-state index in [0.717, 1.165) is 17.9 Å². The molecule has 164 valence electrons. The van der Waals surface area contributed by atoms with Crippen LogP contribution >= 0.6 is 0 Å². The van der Waals surface area contributed by atoms with Crippen LogP contribution in [0.25, 0.3) is 0 Å². The molecule has 1 N–H and O–H groups in total. The summed E-state index contributed by atoms with van der Waals surface area (Å²) in [5.41, 5.74) is 3.04. The van der Waals surface area contributed by atoms with Crippen molar-refractivity contribution < 1.29 is 14.6 Å². The number of hydrogen-bond acceptors (Lipinski definition) is 4. The third kappa shape index (κ3) is 5.04. The van der Waals surface area contributed by atoms with E-state index in [-0.39, 0.29) is 18.4 Å². The van der Waals surface area contributed by atoms with E-state index >= 15 is 0 Å². The summed E-state index contributed by atoms with van der Waals surface area (Å²) in [5, 5.41) is 15.7. The van der Waals surface area contributed by atoms with Crippen LogP contribution in [0.4, 0.5) is 0 Å². The van der Waals surface area contributed by atoms with Crippen molar-refractivity contribution in [1.29, 1.82) is 0 Å². The Morgan fingerprint density at radius 3 is 2.63 bits per heavy atom. The minimum absolute atomic E-state index is 0.00409. The molecule has 30 heavy (non-hydrogen) atoms. The number of benzene rings is 1. The molecule has 6 nitrogen and oxygen atoms in total. The van der Waals surface area contributed by atoms with Crippen LogP contribution in [0.5, 0.6) is 5.75 Å². The van der Waals surface area contributed by atoms with E-state index in [4.69, 9.17) is 4.74 Å². The maximum absolute atomic E-state index is 13.2. The summed E-state index contributed by atoms with van der Waals surface area (Å²) in [5.74, 6) is 1.05. The van der Waals surface area contributed by atoms with Gasteiger partial charge in [-0.3, -0.25) is 9.48 Å². The molecule has 0 spiro atoms. The van der Waals surface area contributed by atoms with E-state index in [1.165, 1.54) is 11.1 Å². The van der Waals surface area contributed by atoms with Gasteiger partial charge in [0.15, 0.2) is 0 Å². The standard InChI is InChI=1S/C24H35N3O3/c1-6-27-22(15-21(25-27)17(2)3)23(28)26-12-7-10-24(29,11-13-26)16-30-20-9-8-18(4)19(5)14-20/h8-9,14-15,17,29H,6-7,10-13,16H2,1-5H3. The third-order valence-corrected chi connectivity index (χ3v) is 6.10. The predicted octanol–water partition coefficient (Wildman–Crippen LogP) is 4.08. The molecular formula is C24H35N3O3. The van der Waals surface area contributed by atoms with Crippen LogP contribution in [0.1, 0.15) is 73.3 Å². The number of aliphatic hydroxyl groups is 1. The smallest absolute Gasteiger partial charge is 0.272 e. The molecule has 0 aliphatic carbocycles. The summed E-state index contributed by atoms with van der Waals surface area (Å²) in [6.07, 6.45) is 1.86. The van der Waals surface area contributed by atoms with Gasteiger partial charge in [0.2, 0.25) is 0 Å². The fraction of sp³-hybridized carbons (Fsp3) is 0.583. The first kappa shape index (κ1) is 22.3. The normalized spacial score (nSPS) is 19.8. The van der Waals surface area contributed by atoms with Gasteiger partial charge in [0.25, 0.3) is 5.91 Å². The molecule has 2 heterocycles. The number of nitrogens with zero attached hydrogens (tertiary/aromatic N) is 3. The highest BCUT2D eigenvalue weighted by molar-refractivity contribution is 5.92. The van der Waals surface area contributed by atoms with Gasteiger partial charge >= 0.3 is 0 Å². The van der Waals surface area contributed by atoms with Gasteiger partial charge in [-0.05, 0) is 75.3 Å². The molecule has 3 rings (SSSR count). The first-order chi connectivity index (χ1) is 14.2. The Kier molecular flexibility index (Phi) is 6.86. The van der Waals surface area contributed by atoms with Gasteiger partial charge in [0.05, 0.1) is 5.69 Å². The minimum Gasteiger partial charge on any atom is -0.491 e. The number of aromatic nitrogens is 2. The highest BCUT2D eigenvalue weighted by Crippen LogP contribution is 2.26. The van der Waals surface area contributed by atoms with Crippen molar-refractivity contribution in [3.63, 3.8) is 0 Å². The number of carbonyl (C=O) groups is 1. The van der Waals surface area contributed by atoms with Gasteiger partial charge in [0, 0.05) is 19.6 Å². The van der Waals surface area contributed by atoms with Crippen LogP contribution in [0.15, 0.2) is 24.3 Å². The molecular weight excluding hydrogens is 378 g/mol. The van der Waals surface area contributed by atoms with Crippen LogP contribution in [0, 0.1) is 13.8 Å². The number of rotatable bonds is 6. The van der Waals surface area contributed by atoms with Gasteiger partial charge in [-0.15, -0.1) is 0 Å². The first-order valence-electron chi connectivity index (χ1n) is 11.0. The van der Waals surface area contributed by atoms with E-state index in [1.807, 2.05) is 36.1 Å². The molecule has 1 aliphatic heterocycles. The minimum atomic E-state index is -0.929. The molecule has 1 fully saturated rings. The Morgan fingerprint density at radius 1 is 1.20 bits per heavy atom. The lowest BCUT2D eigenvalue weighted by atomic mass is 9.96. The zero-order valence-corrected chi connectivity index (χ0v) is 18.9. The van der Waals surface area contributed by atoms with Gasteiger partial charge < -0.3 is 14.7 Å². The summed E-state index contributed by atoms with van der Waals surface area (Å²) in [6, 6.07) is 7.89. The summed E-state index contributed by atoms with van der Waals surface area (Å²) in [7, 11) is 0. The van der Waals surface area contributed by atoms with E-state index in [9.17, 15) is 9.90 Å². The van der Waals surface area contributed by atoms with Gasteiger partial charge in [0.1, 0.15) is 23.7 Å². The second-order valence-corrected chi connectivity index (χ2v) is 8.83. The van der Waals surface area contributed by atoms with Crippen molar-refractivity contribution in [2.75, 3.05) is 19.7 Å². The molecule has 6 heteroatoms. The number of hydrogen-bond donors (Lipinski definition) is 1. The van der Waals surface area contributed by atoms with Crippen LogP contribution < -0.4 is 4.74 Å². The van der Waals surface area contributed by atoms with Crippen molar-refractivity contribution in [1.82, 2.24) is 14.7 Å². The fourth-order valence-electron chi connectivity index (χ4n) is 3.84. The largest absolute Gasteiger partial charge is 0.491 e. The van der Waals surface area contributed by atoms with Gasteiger partial charge in [-0.25, -0.2) is 0 Å². The number of amides is 1. The van der Waals surface area contributed by atoms with E-state index < -0.39 is 5.60 Å². The second-order valence-electron chi connectivity index (χ2n) is 8.83. The molecule has 2 aromatic rings. The van der Waals surface area contributed by atoms with Crippen LogP contribution in [-0.4, -0.2) is 51.0 Å². The van der Waals surface area contributed by atoms with Crippen molar-refractivity contribution >= 4 is 5.91 Å². The van der Waals surface area contributed by atoms with Crippen LogP contribution in [0.2, 0.25) is 0 Å². The molecule has 1 unspecified atom stereocenters. The average molecular weight is 414 g/mol. The summed E-state index contributed by atoms with van der Waals surface area (Å²) < 4.78 is 7.71. The van der Waals surface area contributed by atoms with Gasteiger partial charge in [-0.2, -0.15) is 5.10 Å². The van der Waals surface area contributed by atoms with Crippen molar-refractivity contribution in [2.24, 2.45) is 0 Å². The molecule has 1 aromatic carbocycles. The summed E-state index contributed by atoms with van der Waals surface area (Å²) in [6.45, 7) is 12.3. The zero-order chi connectivity index (χ0) is 21.9. The SMILES string of the molecule is CCn1nc(C(C)C)cc1C(=O)N1CCCC(O)(COc2ccc(C)c(C)c2)CC1. The first-order valence-corrected chi connectivity index (χ1v) is 11.0. The molecule has 1 amide bonds. The van der Waals surface area contributed by atoms with Crippen molar-refractivity contribution in [2.45, 2.75) is 71.9 Å². The second kappa shape index (κ2) is 9.21. The van der Waals surface area contributed by atoms with Crippen molar-refractivity contribution in [3.05, 3.63) is 46.8 Å². The molecule has 1 atom stereocenters. The summed E-state index contributed by atoms with van der Waals surface area (Å²) >= 11 is 0. The van der Waals surface area contributed by atoms with Crippen LogP contribution in [0.3, 0.4) is 0 Å². The average Bonchev–Trinajstić information content (AvgIpc) is 3.06. The highest BCUT2D eigenvalue weighted by atomic mass is 16.5. The van der Waals surface area contributed by atoms with E-state index in [1.54, 1.807) is 4.68 Å². The molecule has 0 saturated carbocycles. The lowest BCUT2D eigenvalue weighted by Crippen LogP contribution is -2.38. The summed E-state index contributed by atoms with van der Waals surface area (Å²) in [4.78, 5) is 15.0. The number of aryl methyl sites for hydroxylation is 3. The number of likely N-dealkylation sites (tertiary alicyclic amines) is 1. The lowest BCUT2D eigenvalue weighted by Gasteiger charge is -2.27. The maximum Gasteiger partial charge on any atom is 0.272 e. The maximum atomic E-state index is 13.2. The fourth-order valence-corrected chi connectivity index (χ4v) is 3.84. The third-order valence-electron chi connectivity index (χ3n) is 6.10. The predicted molar refractivity (Wildman–Crippen MR) is 118 cm³/mol. The lowest BCUT2D eigenvalue weighted by molar-refractivity contribution is -0.0163. The number of carbonyl (C=O) groups excluding carboxylic acids is 1. The monoisotopic (exact) mass is 413 g/mol. The molecule has 0 bridgehead atoms. The molecule has 1 saturated heterocycles. The molecule has 1 aromatic heterocycles. The van der Waals surface area contributed by atoms with Crippen molar-refractivity contribution in [3.8, 4) is 5.75 Å². The Labute approximate surface area is 179 Å². The Morgan fingerprint density at radius 2 is 1.97 bits per heavy atom. The molecule has 0 radical (unpaired) electrons. The Balaban J connectivity index is 1.65. The number of ether oxygens (including phenoxy) is 1. The quantitative estimate of drug-likeness (QED) is 0.775. The van der Waals surface area contributed by atoms with Gasteiger partial charge in [-0.1, -0.05) is 19.9 Å². The zero-order valence-electron chi connectivity index (χ0n) is 18.9. The Bertz CT molecular complexity index is 890. The topological polar surface area (TPSA) is 67.6 Å². The van der Waals surface area contributed by atoms with E-state index in [2.05, 4.69) is 32.8 Å². The Hall–Kier alpha value is -2.34.